The third-order valence-electron chi connectivity index (χ3n) is 0.0808. The Morgan fingerprint density at radius 2 is 1.33 bits per heavy atom. The molecule has 0 fully saturated rings. The van der Waals surface area contributed by atoms with Crippen LogP contribution in [0.3, 0.4) is 0 Å². The van der Waals surface area contributed by atoms with Gasteiger partial charge in [-0.3, -0.25) is 3.53 Å². The molecule has 0 saturated carbocycles. The van der Waals surface area contributed by atoms with Crippen molar-refractivity contribution in [3.63, 3.8) is 0 Å². The summed E-state index contributed by atoms with van der Waals surface area (Å²) < 4.78 is 1.91. The molecule has 0 radical (unpaired) electrons. The van der Waals surface area contributed by atoms with Crippen molar-refractivity contribution >= 4 is 35.1 Å². The van der Waals surface area contributed by atoms with E-state index in [2.05, 4.69) is 0 Å². The van der Waals surface area contributed by atoms with Crippen LogP contribution in [0.2, 0.25) is 0 Å². The number of rotatable bonds is 0. The Balaban J connectivity index is 0. The second-order valence-electron chi connectivity index (χ2n) is 0.682. The first-order valence-corrected chi connectivity index (χ1v) is 2.60. The molecule has 9 heavy (non-hydrogen) atoms. The average molecular weight is 249 g/mol. The zero-order chi connectivity index (χ0) is 7.86. The van der Waals surface area contributed by atoms with Crippen LogP contribution in [0.25, 0.3) is 0 Å². The van der Waals surface area contributed by atoms with Crippen LogP contribution in [0, 0.1) is 0 Å². The van der Waals surface area contributed by atoms with Crippen LogP contribution >= 0.6 is 22.9 Å². The molecule has 0 rings (SSSR count). The van der Waals surface area contributed by atoms with Crippen LogP contribution in [0.15, 0.2) is 0 Å². The van der Waals surface area contributed by atoms with Crippen molar-refractivity contribution in [3.05, 3.63) is 0 Å². The van der Waals surface area contributed by atoms with Gasteiger partial charge in [-0.2, -0.15) is 0 Å². The van der Waals surface area contributed by atoms with Gasteiger partial charge in [-0.1, -0.05) is 0 Å². The van der Waals surface area contributed by atoms with E-state index in [-0.39, 0.29) is 0 Å². The Hall–Kier alpha value is -0.730. The van der Waals surface area contributed by atoms with Crippen LogP contribution in [0.1, 0.15) is 0 Å². The third kappa shape index (κ3) is 125. The lowest BCUT2D eigenvalue weighted by Crippen LogP contribution is -2.05. The standard InChI is InChI=1S/CH2INO2.CH2O3/c2-3-1(4)5;2-1(3)4/h3H,(H,4,5);(H2,2,3,4). The lowest BCUT2D eigenvalue weighted by molar-refractivity contribution is 0.137. The lowest BCUT2D eigenvalue weighted by atomic mass is 11.3. The van der Waals surface area contributed by atoms with Gasteiger partial charge < -0.3 is 15.3 Å². The number of hydrogen-bond donors (Lipinski definition) is 4. The van der Waals surface area contributed by atoms with Gasteiger partial charge in [-0.25, -0.2) is 9.59 Å². The SMILES string of the molecule is O=C(O)NI.O=C(O)O. The molecular weight excluding hydrogens is 245 g/mol. The minimum atomic E-state index is -1.83. The molecule has 0 aliphatic rings. The molecule has 0 heterocycles. The van der Waals surface area contributed by atoms with Crippen molar-refractivity contribution in [2.45, 2.75) is 0 Å². The van der Waals surface area contributed by atoms with E-state index < -0.39 is 12.2 Å². The largest absolute Gasteiger partial charge is 0.503 e. The summed E-state index contributed by atoms with van der Waals surface area (Å²) in [6, 6.07) is 0. The predicted molar refractivity (Wildman–Crippen MR) is 35.8 cm³/mol. The summed E-state index contributed by atoms with van der Waals surface area (Å²) in [6.07, 6.45) is -2.84. The molecule has 0 unspecified atom stereocenters. The van der Waals surface area contributed by atoms with Crippen LogP contribution < -0.4 is 3.53 Å². The van der Waals surface area contributed by atoms with E-state index in [0.29, 0.717) is 0 Å². The predicted octanol–water partition coefficient (Wildman–Crippen LogP) is 0.826. The minimum absolute atomic E-state index is 1.01. The van der Waals surface area contributed by atoms with E-state index >= 15 is 0 Å². The van der Waals surface area contributed by atoms with Gasteiger partial charge in [0.15, 0.2) is 0 Å². The number of nitrogens with one attached hydrogen (secondary N) is 1. The number of hydrogen-bond acceptors (Lipinski definition) is 2. The summed E-state index contributed by atoms with van der Waals surface area (Å²) in [5, 5.41) is 21.5. The summed E-state index contributed by atoms with van der Waals surface area (Å²) in [4.78, 5) is 17.8. The van der Waals surface area contributed by atoms with Gasteiger partial charge in [-0.05, 0) is 0 Å². The van der Waals surface area contributed by atoms with Crippen LogP contribution in [0.4, 0.5) is 9.59 Å². The first kappa shape index (κ1) is 11.1. The van der Waals surface area contributed by atoms with Gasteiger partial charge in [0.25, 0.3) is 0 Å². The molecule has 0 aromatic heterocycles. The summed E-state index contributed by atoms with van der Waals surface area (Å²) in [5.74, 6) is 0. The molecule has 0 bridgehead atoms. The van der Waals surface area contributed by atoms with E-state index in [0.717, 1.165) is 0 Å². The van der Waals surface area contributed by atoms with Gasteiger partial charge in [0.1, 0.15) is 0 Å². The lowest BCUT2D eigenvalue weighted by Gasteiger charge is -1.75. The maximum atomic E-state index is 9.25. The molecule has 1 amide bonds. The van der Waals surface area contributed by atoms with E-state index in [1.807, 2.05) is 3.53 Å². The Bertz CT molecular complexity index is 99.1. The number of carbonyl (C=O) groups is 2. The number of amides is 1. The summed E-state index contributed by atoms with van der Waals surface area (Å²) in [7, 11) is 0. The maximum absolute atomic E-state index is 9.25. The van der Waals surface area contributed by atoms with E-state index in [9.17, 15) is 4.79 Å². The molecule has 6 nitrogen and oxygen atoms in total. The summed E-state index contributed by atoms with van der Waals surface area (Å²) in [5.41, 5.74) is 0. The molecule has 0 saturated heterocycles. The Morgan fingerprint density at radius 3 is 1.33 bits per heavy atom. The van der Waals surface area contributed by atoms with Crippen LogP contribution in [-0.2, 0) is 0 Å². The quantitative estimate of drug-likeness (QED) is 0.375. The van der Waals surface area contributed by atoms with Crippen LogP contribution in [0.5, 0.6) is 0 Å². The van der Waals surface area contributed by atoms with E-state index in [1.54, 1.807) is 0 Å². The fraction of sp³-hybridized carbons (Fsp3) is 0. The monoisotopic (exact) mass is 249 g/mol. The van der Waals surface area contributed by atoms with Crippen molar-refractivity contribution in [1.29, 1.82) is 0 Å². The first-order valence-electron chi connectivity index (χ1n) is 1.52. The highest BCUT2D eigenvalue weighted by Crippen LogP contribution is 1.64. The van der Waals surface area contributed by atoms with E-state index in [4.69, 9.17) is 20.1 Å². The van der Waals surface area contributed by atoms with Gasteiger partial charge in [-0.15, -0.1) is 0 Å². The second-order valence-corrected chi connectivity index (χ2v) is 1.22. The Kier molecular flexibility index (Phi) is 8.98. The maximum Gasteiger partial charge on any atom is 0.503 e. The molecule has 0 aromatic carbocycles. The van der Waals surface area contributed by atoms with Gasteiger partial charge in [0, 0.05) is 0 Å². The molecular formula is C2H4INO5. The van der Waals surface area contributed by atoms with Crippen molar-refractivity contribution < 1.29 is 24.9 Å². The zero-order valence-corrected chi connectivity index (χ0v) is 6.19. The topological polar surface area (TPSA) is 107 Å². The van der Waals surface area contributed by atoms with Crippen molar-refractivity contribution in [2.24, 2.45) is 0 Å². The normalized spacial score (nSPS) is 6.33. The second kappa shape index (κ2) is 7.27. The van der Waals surface area contributed by atoms with Crippen molar-refractivity contribution in [2.75, 3.05) is 0 Å². The van der Waals surface area contributed by atoms with Crippen LogP contribution in [-0.4, -0.2) is 27.6 Å². The smallest absolute Gasteiger partial charge is 0.465 e. The van der Waals surface area contributed by atoms with Gasteiger partial charge in [0.05, 0.1) is 22.9 Å². The minimum Gasteiger partial charge on any atom is -0.465 e. The van der Waals surface area contributed by atoms with Gasteiger partial charge >= 0.3 is 12.2 Å². The highest BCUT2D eigenvalue weighted by Gasteiger charge is 1.79. The summed E-state index contributed by atoms with van der Waals surface area (Å²) >= 11 is 1.53. The van der Waals surface area contributed by atoms with Gasteiger partial charge in [0.2, 0.25) is 0 Å². The van der Waals surface area contributed by atoms with E-state index in [1.165, 1.54) is 22.9 Å². The zero-order valence-electron chi connectivity index (χ0n) is 4.04. The fourth-order valence-electron chi connectivity index (χ4n) is 0. The van der Waals surface area contributed by atoms with Crippen molar-refractivity contribution in [3.8, 4) is 0 Å². The fourth-order valence-corrected chi connectivity index (χ4v) is 0. The molecule has 0 aromatic rings. The molecule has 0 atom stereocenters. The Morgan fingerprint density at radius 1 is 1.22 bits per heavy atom. The molecule has 4 N–H and O–H groups in total. The molecule has 7 heteroatoms. The van der Waals surface area contributed by atoms with Crippen molar-refractivity contribution in [1.82, 2.24) is 3.53 Å². The molecule has 0 aliphatic heterocycles. The first-order chi connectivity index (χ1) is 4.00. The molecule has 54 valence electrons. The highest BCUT2D eigenvalue weighted by molar-refractivity contribution is 14.1. The average Bonchev–Trinajstić information content (AvgIpc) is 1.65. The summed E-state index contributed by atoms with van der Waals surface area (Å²) in [6.45, 7) is 0. The number of halogens is 1. The highest BCUT2D eigenvalue weighted by atomic mass is 127. The number of carboxylic acid groups (broad SMARTS) is 3. The molecule has 0 spiro atoms. The Labute approximate surface area is 64.0 Å². The third-order valence-corrected chi connectivity index (χ3v) is 0.542. The molecule has 0 aliphatic carbocycles.